The van der Waals surface area contributed by atoms with Crippen LogP contribution in [0.3, 0.4) is 0 Å². The van der Waals surface area contributed by atoms with Gasteiger partial charge in [0, 0.05) is 29.8 Å². The summed E-state index contributed by atoms with van der Waals surface area (Å²) in [5.74, 6) is 0.238. The van der Waals surface area contributed by atoms with Crippen LogP contribution in [0.2, 0.25) is 5.02 Å². The second-order valence-electron chi connectivity index (χ2n) is 5.02. The molecule has 0 radical (unpaired) electrons. The molecule has 100 valence electrons. The van der Waals surface area contributed by atoms with Crippen molar-refractivity contribution >= 4 is 11.6 Å². The van der Waals surface area contributed by atoms with Crippen molar-refractivity contribution in [2.45, 2.75) is 38.3 Å². The summed E-state index contributed by atoms with van der Waals surface area (Å²) in [6.07, 6.45) is 4.19. The summed E-state index contributed by atoms with van der Waals surface area (Å²) in [7, 11) is 0. The first-order valence-corrected chi connectivity index (χ1v) is 6.85. The van der Waals surface area contributed by atoms with Crippen LogP contribution < -0.4 is 5.32 Å². The molecule has 2 N–H and O–H groups in total. The van der Waals surface area contributed by atoms with E-state index in [1.807, 2.05) is 0 Å². The molecule has 1 aliphatic carbocycles. The van der Waals surface area contributed by atoms with Crippen LogP contribution in [0, 0.1) is 11.7 Å². The topological polar surface area (TPSA) is 32.3 Å². The second-order valence-corrected chi connectivity index (χ2v) is 5.45. The molecule has 0 spiro atoms. The standard InChI is InChI=1S/C14H19ClFNO/c15-12-3-6-14(16)11(7-12)8-17-13-4-1-10(9-18)2-5-13/h3,6-7,10,13,17-18H,1-2,4-5,8-9H2. The van der Waals surface area contributed by atoms with Gasteiger partial charge in [0.15, 0.2) is 0 Å². The van der Waals surface area contributed by atoms with Gasteiger partial charge in [0.25, 0.3) is 0 Å². The van der Waals surface area contributed by atoms with E-state index in [0.717, 1.165) is 25.7 Å². The van der Waals surface area contributed by atoms with E-state index in [9.17, 15) is 4.39 Å². The largest absolute Gasteiger partial charge is 0.396 e. The molecule has 0 amide bonds. The zero-order valence-electron chi connectivity index (χ0n) is 10.3. The molecule has 2 nitrogen and oxygen atoms in total. The molecular weight excluding hydrogens is 253 g/mol. The van der Waals surface area contributed by atoms with E-state index >= 15 is 0 Å². The summed E-state index contributed by atoms with van der Waals surface area (Å²) in [6.45, 7) is 0.802. The molecule has 1 aliphatic rings. The highest BCUT2D eigenvalue weighted by molar-refractivity contribution is 6.30. The third-order valence-corrected chi connectivity index (χ3v) is 3.93. The monoisotopic (exact) mass is 271 g/mol. The highest BCUT2D eigenvalue weighted by atomic mass is 35.5. The Morgan fingerprint density at radius 2 is 2.00 bits per heavy atom. The van der Waals surface area contributed by atoms with Crippen molar-refractivity contribution in [3.05, 3.63) is 34.6 Å². The minimum Gasteiger partial charge on any atom is -0.396 e. The fraction of sp³-hybridized carbons (Fsp3) is 0.571. The lowest BCUT2D eigenvalue weighted by atomic mass is 9.86. The van der Waals surface area contributed by atoms with E-state index in [4.69, 9.17) is 16.7 Å². The molecule has 0 saturated heterocycles. The molecule has 1 aromatic carbocycles. The first-order valence-electron chi connectivity index (χ1n) is 6.47. The van der Waals surface area contributed by atoms with Crippen LogP contribution in [-0.2, 0) is 6.54 Å². The molecule has 1 saturated carbocycles. The number of hydrogen-bond acceptors (Lipinski definition) is 2. The van der Waals surface area contributed by atoms with Crippen LogP contribution in [0.4, 0.5) is 4.39 Å². The number of benzene rings is 1. The Bertz CT molecular complexity index is 391. The van der Waals surface area contributed by atoms with Gasteiger partial charge < -0.3 is 10.4 Å². The van der Waals surface area contributed by atoms with Crippen molar-refractivity contribution in [2.75, 3.05) is 6.61 Å². The second kappa shape index (κ2) is 6.50. The SMILES string of the molecule is OCC1CCC(NCc2cc(Cl)ccc2F)CC1. The summed E-state index contributed by atoms with van der Waals surface area (Å²) < 4.78 is 13.5. The van der Waals surface area contributed by atoms with Crippen molar-refractivity contribution in [2.24, 2.45) is 5.92 Å². The maximum absolute atomic E-state index is 13.5. The molecule has 2 rings (SSSR count). The lowest BCUT2D eigenvalue weighted by molar-refractivity contribution is 0.175. The lowest BCUT2D eigenvalue weighted by Gasteiger charge is -2.28. The molecule has 0 bridgehead atoms. The van der Waals surface area contributed by atoms with Gasteiger partial charge >= 0.3 is 0 Å². The van der Waals surface area contributed by atoms with Gasteiger partial charge in [-0.2, -0.15) is 0 Å². The lowest BCUT2D eigenvalue weighted by Crippen LogP contribution is -2.33. The number of aliphatic hydroxyl groups excluding tert-OH is 1. The number of rotatable bonds is 4. The van der Waals surface area contributed by atoms with Crippen molar-refractivity contribution < 1.29 is 9.50 Å². The average molecular weight is 272 g/mol. The molecule has 4 heteroatoms. The summed E-state index contributed by atoms with van der Waals surface area (Å²) in [4.78, 5) is 0. The number of aliphatic hydroxyl groups is 1. The Kier molecular flexibility index (Phi) is 4.98. The zero-order chi connectivity index (χ0) is 13.0. The van der Waals surface area contributed by atoms with Gasteiger partial charge in [0.05, 0.1) is 0 Å². The molecule has 1 aromatic rings. The van der Waals surface area contributed by atoms with Crippen molar-refractivity contribution in [3.63, 3.8) is 0 Å². The zero-order valence-corrected chi connectivity index (χ0v) is 11.1. The predicted octanol–water partition coefficient (Wildman–Crippen LogP) is 3.12. The summed E-state index contributed by atoms with van der Waals surface area (Å²) in [5, 5.41) is 13.0. The Balaban J connectivity index is 1.83. The van der Waals surface area contributed by atoms with E-state index in [2.05, 4.69) is 5.32 Å². The van der Waals surface area contributed by atoms with Crippen LogP contribution >= 0.6 is 11.6 Å². The van der Waals surface area contributed by atoms with Crippen molar-refractivity contribution in [1.29, 1.82) is 0 Å². The maximum atomic E-state index is 13.5. The molecule has 0 aromatic heterocycles. The fourth-order valence-corrected chi connectivity index (χ4v) is 2.68. The Hall–Kier alpha value is -0.640. The van der Waals surface area contributed by atoms with E-state index in [0.29, 0.717) is 29.1 Å². The van der Waals surface area contributed by atoms with Gasteiger partial charge in [-0.3, -0.25) is 0 Å². The molecule has 0 unspecified atom stereocenters. The van der Waals surface area contributed by atoms with Gasteiger partial charge in [0.2, 0.25) is 0 Å². The first-order chi connectivity index (χ1) is 8.69. The molecule has 0 atom stereocenters. The Labute approximate surface area is 112 Å². The minimum absolute atomic E-state index is 0.212. The quantitative estimate of drug-likeness (QED) is 0.882. The minimum atomic E-state index is -0.212. The van der Waals surface area contributed by atoms with E-state index in [1.54, 1.807) is 12.1 Å². The number of nitrogens with one attached hydrogen (secondary N) is 1. The third kappa shape index (κ3) is 3.67. The van der Waals surface area contributed by atoms with Crippen molar-refractivity contribution in [3.8, 4) is 0 Å². The van der Waals surface area contributed by atoms with Crippen LogP contribution in [0.5, 0.6) is 0 Å². The fourth-order valence-electron chi connectivity index (χ4n) is 2.48. The average Bonchev–Trinajstić information content (AvgIpc) is 2.40. The maximum Gasteiger partial charge on any atom is 0.127 e. The molecule has 0 heterocycles. The Morgan fingerprint density at radius 3 is 2.67 bits per heavy atom. The molecule has 18 heavy (non-hydrogen) atoms. The van der Waals surface area contributed by atoms with Gasteiger partial charge in [-0.25, -0.2) is 4.39 Å². The van der Waals surface area contributed by atoms with Crippen molar-refractivity contribution in [1.82, 2.24) is 5.32 Å². The van der Waals surface area contributed by atoms with Gasteiger partial charge in [-0.05, 0) is 49.8 Å². The van der Waals surface area contributed by atoms with Gasteiger partial charge in [-0.15, -0.1) is 0 Å². The third-order valence-electron chi connectivity index (χ3n) is 3.69. The summed E-state index contributed by atoms with van der Waals surface area (Å²) in [5.41, 5.74) is 0.617. The van der Waals surface area contributed by atoms with E-state index in [-0.39, 0.29) is 12.4 Å². The van der Waals surface area contributed by atoms with E-state index < -0.39 is 0 Å². The highest BCUT2D eigenvalue weighted by Crippen LogP contribution is 2.24. The first kappa shape index (κ1) is 13.8. The number of halogens is 2. The number of hydrogen-bond donors (Lipinski definition) is 2. The molecular formula is C14H19ClFNO. The van der Waals surface area contributed by atoms with Gasteiger partial charge in [0.1, 0.15) is 5.82 Å². The van der Waals surface area contributed by atoms with Crippen LogP contribution in [-0.4, -0.2) is 17.8 Å². The Morgan fingerprint density at radius 1 is 1.28 bits per heavy atom. The predicted molar refractivity (Wildman–Crippen MR) is 71.1 cm³/mol. The smallest absolute Gasteiger partial charge is 0.127 e. The normalized spacial score (nSPS) is 24.2. The van der Waals surface area contributed by atoms with Gasteiger partial charge in [-0.1, -0.05) is 11.6 Å². The molecule has 0 aliphatic heterocycles. The highest BCUT2D eigenvalue weighted by Gasteiger charge is 2.20. The van der Waals surface area contributed by atoms with Crippen LogP contribution in [0.15, 0.2) is 18.2 Å². The van der Waals surface area contributed by atoms with E-state index in [1.165, 1.54) is 6.07 Å². The molecule has 1 fully saturated rings. The summed E-state index contributed by atoms with van der Waals surface area (Å²) in [6, 6.07) is 5.06. The summed E-state index contributed by atoms with van der Waals surface area (Å²) >= 11 is 5.85. The van der Waals surface area contributed by atoms with Crippen LogP contribution in [0.1, 0.15) is 31.2 Å². The van der Waals surface area contributed by atoms with Crippen LogP contribution in [0.25, 0.3) is 0 Å².